The number of aromatic amines is 1. The molecule has 0 saturated carbocycles. The van der Waals surface area contributed by atoms with E-state index >= 15 is 0 Å². The molecule has 11 heavy (non-hydrogen) atoms. The van der Waals surface area contributed by atoms with Crippen LogP contribution in [0.1, 0.15) is 18.0 Å². The minimum atomic E-state index is -0.403. The van der Waals surface area contributed by atoms with Crippen molar-refractivity contribution >= 4 is 0 Å². The summed E-state index contributed by atoms with van der Waals surface area (Å²) in [7, 11) is 0. The van der Waals surface area contributed by atoms with Crippen LogP contribution in [-0.2, 0) is 0 Å². The highest BCUT2D eigenvalue weighted by Gasteiger charge is 2.09. The average Bonchev–Trinajstić information content (AvgIpc) is 2.36. The van der Waals surface area contributed by atoms with Gasteiger partial charge in [0.05, 0.1) is 5.56 Å². The van der Waals surface area contributed by atoms with Gasteiger partial charge in [-0.1, -0.05) is 6.08 Å². The van der Waals surface area contributed by atoms with Crippen LogP contribution >= 0.6 is 0 Å². The molecule has 4 heteroatoms. The predicted octanol–water partition coefficient (Wildman–Crippen LogP) is 0.544. The van der Waals surface area contributed by atoms with Crippen molar-refractivity contribution in [2.45, 2.75) is 12.5 Å². The van der Waals surface area contributed by atoms with Gasteiger partial charge in [0.15, 0.2) is 0 Å². The Hall–Kier alpha value is -1.29. The molecule has 0 aromatic carbocycles. The Morgan fingerprint density at radius 3 is 3.09 bits per heavy atom. The summed E-state index contributed by atoms with van der Waals surface area (Å²) >= 11 is 0. The maximum atomic E-state index is 10.8. The van der Waals surface area contributed by atoms with Gasteiger partial charge in [0.1, 0.15) is 0 Å². The summed E-state index contributed by atoms with van der Waals surface area (Å²) in [5, 5.41) is 2.34. The van der Waals surface area contributed by atoms with Crippen molar-refractivity contribution in [1.29, 1.82) is 0 Å². The molecule has 0 saturated heterocycles. The SMILES string of the molecule is C=CCC(N)c1c[nH]oc1=O. The Balaban J connectivity index is 2.83. The molecule has 1 aromatic heterocycles. The van der Waals surface area contributed by atoms with Gasteiger partial charge in [0.2, 0.25) is 0 Å². The van der Waals surface area contributed by atoms with Gasteiger partial charge in [-0.3, -0.25) is 0 Å². The first-order chi connectivity index (χ1) is 5.25. The maximum absolute atomic E-state index is 10.8. The predicted molar refractivity (Wildman–Crippen MR) is 41.1 cm³/mol. The number of hydrogen-bond donors (Lipinski definition) is 2. The Morgan fingerprint density at radius 2 is 2.64 bits per heavy atom. The Labute approximate surface area is 63.7 Å². The first-order valence-electron chi connectivity index (χ1n) is 3.29. The second-order valence-corrected chi connectivity index (χ2v) is 2.24. The first kappa shape index (κ1) is 7.81. The number of nitrogens with one attached hydrogen (secondary N) is 1. The first-order valence-corrected chi connectivity index (χ1v) is 3.29. The van der Waals surface area contributed by atoms with Crippen LogP contribution in [-0.4, -0.2) is 5.16 Å². The van der Waals surface area contributed by atoms with Crippen LogP contribution in [0, 0.1) is 0 Å². The van der Waals surface area contributed by atoms with E-state index in [2.05, 4.69) is 16.3 Å². The van der Waals surface area contributed by atoms with Crippen molar-refractivity contribution in [3.63, 3.8) is 0 Å². The zero-order valence-electron chi connectivity index (χ0n) is 6.04. The molecule has 4 nitrogen and oxygen atoms in total. The van der Waals surface area contributed by atoms with E-state index < -0.39 is 5.63 Å². The zero-order valence-corrected chi connectivity index (χ0v) is 6.04. The molecule has 1 unspecified atom stereocenters. The van der Waals surface area contributed by atoms with Crippen molar-refractivity contribution in [3.8, 4) is 0 Å². The van der Waals surface area contributed by atoms with E-state index in [-0.39, 0.29) is 6.04 Å². The van der Waals surface area contributed by atoms with Gasteiger partial charge in [-0.15, -0.1) is 6.58 Å². The zero-order chi connectivity index (χ0) is 8.27. The van der Waals surface area contributed by atoms with Crippen LogP contribution in [0.5, 0.6) is 0 Å². The van der Waals surface area contributed by atoms with Crippen LogP contribution < -0.4 is 11.4 Å². The lowest BCUT2D eigenvalue weighted by molar-refractivity contribution is 0.389. The highest BCUT2D eigenvalue weighted by molar-refractivity contribution is 5.08. The summed E-state index contributed by atoms with van der Waals surface area (Å²) in [4.78, 5) is 10.8. The second-order valence-electron chi connectivity index (χ2n) is 2.24. The Morgan fingerprint density at radius 1 is 1.91 bits per heavy atom. The van der Waals surface area contributed by atoms with E-state index in [1.165, 1.54) is 6.20 Å². The number of hydrogen-bond acceptors (Lipinski definition) is 3. The fourth-order valence-corrected chi connectivity index (χ4v) is 0.829. The summed E-state index contributed by atoms with van der Waals surface area (Å²) in [5.74, 6) is 0. The molecule has 0 aliphatic heterocycles. The minimum absolute atomic E-state index is 0.310. The molecule has 0 radical (unpaired) electrons. The van der Waals surface area contributed by atoms with Gasteiger partial charge < -0.3 is 10.3 Å². The Kier molecular flexibility index (Phi) is 2.28. The lowest BCUT2D eigenvalue weighted by atomic mass is 10.1. The summed E-state index contributed by atoms with van der Waals surface area (Å²) < 4.78 is 4.44. The molecule has 0 aliphatic carbocycles. The van der Waals surface area contributed by atoms with Crippen LogP contribution in [0.2, 0.25) is 0 Å². The molecule has 1 heterocycles. The Bertz CT molecular complexity index is 287. The highest BCUT2D eigenvalue weighted by Crippen LogP contribution is 2.07. The van der Waals surface area contributed by atoms with E-state index in [0.717, 1.165) is 0 Å². The number of aromatic nitrogens is 1. The van der Waals surface area contributed by atoms with Gasteiger partial charge in [-0.2, -0.15) is 0 Å². The standard InChI is InChI=1S/C7H10N2O2/c1-2-3-6(8)5-4-9-11-7(5)10/h2,4,6,9H,1,3,8H2. The van der Waals surface area contributed by atoms with Crippen molar-refractivity contribution in [1.82, 2.24) is 5.16 Å². The molecule has 0 amide bonds. The third-order valence-corrected chi connectivity index (χ3v) is 1.42. The van der Waals surface area contributed by atoms with Gasteiger partial charge in [-0.05, 0) is 6.42 Å². The lowest BCUT2D eigenvalue weighted by Gasteiger charge is -2.01. The summed E-state index contributed by atoms with van der Waals surface area (Å²) in [6, 6.07) is -0.310. The van der Waals surface area contributed by atoms with Crippen molar-refractivity contribution < 1.29 is 4.52 Å². The average molecular weight is 154 g/mol. The second kappa shape index (κ2) is 3.21. The fourth-order valence-electron chi connectivity index (χ4n) is 0.829. The van der Waals surface area contributed by atoms with E-state index in [0.29, 0.717) is 12.0 Å². The number of nitrogens with two attached hydrogens (primary N) is 1. The lowest BCUT2D eigenvalue weighted by Crippen LogP contribution is -2.15. The fraction of sp³-hybridized carbons (Fsp3) is 0.286. The molecule has 1 atom stereocenters. The monoisotopic (exact) mass is 154 g/mol. The van der Waals surface area contributed by atoms with Gasteiger partial charge in [-0.25, -0.2) is 9.95 Å². The molecule has 0 bridgehead atoms. The highest BCUT2D eigenvalue weighted by atomic mass is 16.5. The van der Waals surface area contributed by atoms with Crippen molar-refractivity contribution in [2.75, 3.05) is 0 Å². The molecular weight excluding hydrogens is 144 g/mol. The molecule has 0 aliphatic rings. The third-order valence-electron chi connectivity index (χ3n) is 1.42. The molecular formula is C7H10N2O2. The van der Waals surface area contributed by atoms with Crippen LogP contribution in [0.4, 0.5) is 0 Å². The van der Waals surface area contributed by atoms with E-state index in [1.807, 2.05) is 0 Å². The van der Waals surface area contributed by atoms with E-state index in [1.54, 1.807) is 6.08 Å². The van der Waals surface area contributed by atoms with Gasteiger partial charge in [0, 0.05) is 12.2 Å². The minimum Gasteiger partial charge on any atom is -0.339 e. The summed E-state index contributed by atoms with van der Waals surface area (Å²) in [6.45, 7) is 3.52. The molecule has 60 valence electrons. The molecule has 1 aromatic rings. The van der Waals surface area contributed by atoms with E-state index in [4.69, 9.17) is 5.73 Å². The summed E-state index contributed by atoms with van der Waals surface area (Å²) in [6.07, 6.45) is 3.70. The van der Waals surface area contributed by atoms with Gasteiger partial charge >= 0.3 is 5.63 Å². The summed E-state index contributed by atoms with van der Waals surface area (Å²) in [5.41, 5.74) is 5.66. The topological polar surface area (TPSA) is 72.0 Å². The maximum Gasteiger partial charge on any atom is 0.361 e. The number of H-pyrrole nitrogens is 1. The van der Waals surface area contributed by atoms with Crippen LogP contribution in [0.15, 0.2) is 28.2 Å². The normalized spacial score (nSPS) is 12.8. The largest absolute Gasteiger partial charge is 0.361 e. The quantitative estimate of drug-likeness (QED) is 0.624. The number of rotatable bonds is 3. The van der Waals surface area contributed by atoms with E-state index in [9.17, 15) is 4.79 Å². The molecule has 0 fully saturated rings. The molecule has 3 N–H and O–H groups in total. The van der Waals surface area contributed by atoms with Crippen molar-refractivity contribution in [2.24, 2.45) is 5.73 Å². The third kappa shape index (κ3) is 1.59. The smallest absolute Gasteiger partial charge is 0.339 e. The van der Waals surface area contributed by atoms with Crippen molar-refractivity contribution in [3.05, 3.63) is 34.8 Å². The van der Waals surface area contributed by atoms with Crippen LogP contribution in [0.3, 0.4) is 0 Å². The van der Waals surface area contributed by atoms with Crippen LogP contribution in [0.25, 0.3) is 0 Å². The molecule has 0 spiro atoms. The van der Waals surface area contributed by atoms with Gasteiger partial charge in [0.25, 0.3) is 0 Å². The molecule has 1 rings (SSSR count).